The number of piperazine rings is 1. The molecule has 0 spiro atoms. The summed E-state index contributed by atoms with van der Waals surface area (Å²) in [5, 5.41) is 4.56. The Morgan fingerprint density at radius 3 is 2.32 bits per heavy atom. The number of amides is 1. The minimum atomic E-state index is -0.938. The van der Waals surface area contributed by atoms with Crippen LogP contribution in [-0.4, -0.2) is 83.9 Å². The highest BCUT2D eigenvalue weighted by molar-refractivity contribution is 5.83. The molecule has 202 valence electrons. The number of aromatic nitrogens is 2. The number of carbonyl (C=O) groups excluding carboxylic acids is 1. The molecule has 0 radical (unpaired) electrons. The quantitative estimate of drug-likeness (QED) is 0.485. The Balaban J connectivity index is 1.18. The van der Waals surface area contributed by atoms with Gasteiger partial charge in [0, 0.05) is 70.4 Å². The molecule has 2 saturated heterocycles. The zero-order valence-electron chi connectivity index (χ0n) is 22.6. The van der Waals surface area contributed by atoms with E-state index in [9.17, 15) is 9.18 Å². The van der Waals surface area contributed by atoms with Gasteiger partial charge in [0.2, 0.25) is 5.91 Å². The molecule has 2 aromatic heterocycles. The number of ether oxygens (including phenoxy) is 1. The Morgan fingerprint density at radius 2 is 1.71 bits per heavy atom. The van der Waals surface area contributed by atoms with Crippen molar-refractivity contribution in [3.63, 3.8) is 0 Å². The van der Waals surface area contributed by atoms with Gasteiger partial charge >= 0.3 is 0 Å². The second kappa shape index (κ2) is 9.97. The second-order valence-electron chi connectivity index (χ2n) is 11.4. The van der Waals surface area contributed by atoms with E-state index in [0.717, 1.165) is 61.4 Å². The molecule has 2 aliphatic heterocycles. The van der Waals surface area contributed by atoms with Crippen LogP contribution in [0.4, 0.5) is 10.1 Å². The van der Waals surface area contributed by atoms with Gasteiger partial charge in [-0.2, -0.15) is 5.10 Å². The third kappa shape index (κ3) is 4.58. The van der Waals surface area contributed by atoms with Crippen LogP contribution in [0.5, 0.6) is 0 Å². The molecule has 3 aliphatic rings. The molecule has 3 aromatic rings. The Hall–Kier alpha value is -2.97. The summed E-state index contributed by atoms with van der Waals surface area (Å²) in [6, 6.07) is 13.6. The molecule has 1 aliphatic carbocycles. The Kier molecular flexibility index (Phi) is 6.64. The first-order valence-corrected chi connectivity index (χ1v) is 13.9. The van der Waals surface area contributed by atoms with Gasteiger partial charge in [-0.3, -0.25) is 4.79 Å². The molecule has 0 bridgehead atoms. The fraction of sp³-hybridized carbons (Fsp3) is 0.533. The number of piperidine rings is 1. The molecule has 6 rings (SSSR count). The van der Waals surface area contributed by atoms with Gasteiger partial charge in [-0.1, -0.05) is 24.3 Å². The van der Waals surface area contributed by atoms with Crippen molar-refractivity contribution in [2.75, 3.05) is 51.3 Å². The van der Waals surface area contributed by atoms with Gasteiger partial charge < -0.3 is 19.4 Å². The van der Waals surface area contributed by atoms with E-state index in [4.69, 9.17) is 4.74 Å². The number of nitrogens with zero attached hydrogens (tertiary/aromatic N) is 5. The molecule has 3 fully saturated rings. The first-order valence-electron chi connectivity index (χ1n) is 13.9. The summed E-state index contributed by atoms with van der Waals surface area (Å²) in [6.45, 7) is 9.33. The number of anilines is 1. The average Bonchev–Trinajstić information content (AvgIpc) is 3.52. The smallest absolute Gasteiger partial charge is 0.228 e. The van der Waals surface area contributed by atoms with Crippen LogP contribution in [0.2, 0.25) is 0 Å². The zero-order chi connectivity index (χ0) is 26.4. The monoisotopic (exact) mass is 519 g/mol. The number of hydrogen-bond acceptors (Lipinski definition) is 5. The number of benzene rings is 1. The van der Waals surface area contributed by atoms with E-state index in [2.05, 4.69) is 65.3 Å². The van der Waals surface area contributed by atoms with Crippen LogP contribution < -0.4 is 4.90 Å². The minimum absolute atomic E-state index is 0.0221. The molecular formula is C30H38FN5O2. The van der Waals surface area contributed by atoms with Gasteiger partial charge in [-0.05, 0) is 56.4 Å². The molecule has 0 N–H and O–H groups in total. The number of fused-ring (bicyclic) bond motifs is 1. The van der Waals surface area contributed by atoms with Crippen molar-refractivity contribution in [1.82, 2.24) is 19.4 Å². The normalized spacial score (nSPS) is 23.8. The van der Waals surface area contributed by atoms with Crippen LogP contribution in [-0.2, 0) is 15.1 Å². The first kappa shape index (κ1) is 25.3. The number of carbonyl (C=O) groups is 1. The van der Waals surface area contributed by atoms with Crippen LogP contribution in [0.25, 0.3) is 16.6 Å². The molecule has 1 aromatic carbocycles. The lowest BCUT2D eigenvalue weighted by Gasteiger charge is -2.42. The summed E-state index contributed by atoms with van der Waals surface area (Å²) in [7, 11) is 1.84. The van der Waals surface area contributed by atoms with Crippen molar-refractivity contribution in [2.45, 2.75) is 50.9 Å². The maximum absolute atomic E-state index is 13.4. The third-order valence-corrected chi connectivity index (χ3v) is 8.92. The van der Waals surface area contributed by atoms with Crippen LogP contribution >= 0.6 is 0 Å². The van der Waals surface area contributed by atoms with Crippen LogP contribution in [0.1, 0.15) is 38.7 Å². The van der Waals surface area contributed by atoms with E-state index in [0.29, 0.717) is 25.6 Å². The number of rotatable bonds is 6. The van der Waals surface area contributed by atoms with E-state index in [-0.39, 0.29) is 11.5 Å². The fourth-order valence-corrected chi connectivity index (χ4v) is 6.23. The highest BCUT2D eigenvalue weighted by atomic mass is 19.1. The summed E-state index contributed by atoms with van der Waals surface area (Å²) in [5.74, 6) is -0.424. The van der Waals surface area contributed by atoms with Gasteiger partial charge in [0.05, 0.1) is 22.7 Å². The van der Waals surface area contributed by atoms with Gasteiger partial charge in [0.1, 0.15) is 6.17 Å². The highest BCUT2D eigenvalue weighted by Crippen LogP contribution is 2.38. The predicted octanol–water partition coefficient (Wildman–Crippen LogP) is 4.35. The van der Waals surface area contributed by atoms with Crippen LogP contribution in [0.15, 0.2) is 48.8 Å². The lowest BCUT2D eigenvalue weighted by molar-refractivity contribution is -0.133. The minimum Gasteiger partial charge on any atom is -0.373 e. The number of likely N-dealkylation sites (tertiary alicyclic amines) is 1. The maximum atomic E-state index is 13.4. The largest absolute Gasteiger partial charge is 0.373 e. The van der Waals surface area contributed by atoms with Crippen molar-refractivity contribution in [3.8, 4) is 11.1 Å². The number of alkyl halides is 1. The summed E-state index contributed by atoms with van der Waals surface area (Å²) < 4.78 is 21.4. The number of methoxy groups -OCH3 is 1. The molecule has 1 amide bonds. The lowest BCUT2D eigenvalue weighted by atomic mass is 9.83. The predicted molar refractivity (Wildman–Crippen MR) is 147 cm³/mol. The van der Waals surface area contributed by atoms with Crippen molar-refractivity contribution < 1.29 is 13.9 Å². The third-order valence-electron chi connectivity index (χ3n) is 8.92. The highest BCUT2D eigenvalue weighted by Gasteiger charge is 2.46. The van der Waals surface area contributed by atoms with Gasteiger partial charge in [0.25, 0.3) is 0 Å². The summed E-state index contributed by atoms with van der Waals surface area (Å²) in [4.78, 5) is 19.1. The van der Waals surface area contributed by atoms with Crippen LogP contribution in [0.3, 0.4) is 0 Å². The van der Waals surface area contributed by atoms with Gasteiger partial charge in [-0.25, -0.2) is 8.91 Å². The number of halogens is 1. The van der Waals surface area contributed by atoms with Crippen molar-refractivity contribution in [3.05, 3.63) is 54.4 Å². The van der Waals surface area contributed by atoms with Gasteiger partial charge in [-0.15, -0.1) is 0 Å². The average molecular weight is 520 g/mol. The zero-order valence-corrected chi connectivity index (χ0v) is 22.6. The number of hydrogen-bond donors (Lipinski definition) is 0. The standard InChI is InChI=1S/C30H38FN5O2/c1-21(2)33-12-9-30(38-3,10-13-33)24-6-4-22(5-7-24)23-18-28-27(8-11-32-36(28)20-23)34-14-16-35(17-15-34)29(37)25-19-26(25)31/h4-8,11,18,20-21,25-26H,9-10,12-17,19H2,1-3H3/t25?,26-/m0/s1. The Bertz CT molecular complexity index is 1290. The molecular weight excluding hydrogens is 481 g/mol. The van der Waals surface area contributed by atoms with Crippen molar-refractivity contribution in [2.24, 2.45) is 5.92 Å². The van der Waals surface area contributed by atoms with Crippen molar-refractivity contribution >= 4 is 17.1 Å². The molecule has 1 unspecified atom stereocenters. The van der Waals surface area contributed by atoms with E-state index < -0.39 is 12.1 Å². The fourth-order valence-electron chi connectivity index (χ4n) is 6.23. The topological polar surface area (TPSA) is 53.3 Å². The molecule has 1 saturated carbocycles. The van der Waals surface area contributed by atoms with Gasteiger partial charge in [0.15, 0.2) is 0 Å². The lowest BCUT2D eigenvalue weighted by Crippen LogP contribution is -2.49. The van der Waals surface area contributed by atoms with E-state index in [1.54, 1.807) is 0 Å². The molecule has 8 heteroatoms. The summed E-state index contributed by atoms with van der Waals surface area (Å²) in [6.07, 6.45) is 5.36. The van der Waals surface area contributed by atoms with Crippen LogP contribution in [0, 0.1) is 5.92 Å². The first-order chi connectivity index (χ1) is 18.4. The second-order valence-corrected chi connectivity index (χ2v) is 11.4. The molecule has 38 heavy (non-hydrogen) atoms. The van der Waals surface area contributed by atoms with E-state index >= 15 is 0 Å². The summed E-state index contributed by atoms with van der Waals surface area (Å²) >= 11 is 0. The maximum Gasteiger partial charge on any atom is 0.228 e. The summed E-state index contributed by atoms with van der Waals surface area (Å²) in [5.41, 5.74) is 5.45. The molecule has 7 nitrogen and oxygen atoms in total. The van der Waals surface area contributed by atoms with E-state index in [1.807, 2.05) is 28.8 Å². The SMILES string of the molecule is COC1(c2ccc(-c3cc4c(N5CCN(C(=O)C6C[C@@H]6F)CC5)ccnn4c3)cc2)CCN(C(C)C)CC1. The Labute approximate surface area is 224 Å². The Morgan fingerprint density at radius 1 is 1.03 bits per heavy atom. The van der Waals surface area contributed by atoms with Crippen molar-refractivity contribution in [1.29, 1.82) is 0 Å². The van der Waals surface area contributed by atoms with E-state index in [1.165, 1.54) is 5.56 Å². The molecule has 4 heterocycles. The molecule has 2 atom stereocenters.